The molecule has 0 heterocycles. The second-order valence-corrected chi connectivity index (χ2v) is 8.84. The fraction of sp³-hybridized carbons (Fsp3) is 0. The van der Waals surface area contributed by atoms with Crippen LogP contribution in [0, 0.1) is 0 Å². The number of phosphoric acid groups is 4. The normalized spacial score (nSPS) is 20.1. The summed E-state index contributed by atoms with van der Waals surface area (Å²) in [7, 11) is -20.8. The second kappa shape index (κ2) is 6.18. The third-order valence-corrected chi connectivity index (χ3v) is 6.73. The molecule has 0 aromatic heterocycles. The predicted molar refractivity (Wildman–Crippen MR) is 55.6 cm³/mol. The van der Waals surface area contributed by atoms with Crippen LogP contribution in [0.5, 0.6) is 0 Å². The van der Waals surface area contributed by atoms with Gasteiger partial charge in [0.05, 0.1) is 0 Å². The van der Waals surface area contributed by atoms with Crippen molar-refractivity contribution in [2.45, 2.75) is 0 Å². The van der Waals surface area contributed by atoms with Crippen LogP contribution in [-0.4, -0.2) is 24.5 Å². The summed E-state index contributed by atoms with van der Waals surface area (Å²) in [5.41, 5.74) is 0. The van der Waals surface area contributed by atoms with E-state index in [0.717, 1.165) is 9.47 Å². The van der Waals surface area contributed by atoms with E-state index >= 15 is 0 Å². The molecule has 0 aliphatic rings. The largest absolute Gasteiger partial charge is 0.495 e. The highest BCUT2D eigenvalue weighted by Crippen LogP contribution is 2.72. The van der Waals surface area contributed by atoms with Crippen LogP contribution >= 0.6 is 40.8 Å². The van der Waals surface area contributed by atoms with E-state index in [4.69, 9.17) is 24.5 Å². The van der Waals surface area contributed by atoms with E-state index in [2.05, 4.69) is 17.2 Å². The summed E-state index contributed by atoms with van der Waals surface area (Å²) < 4.78 is 56.6. The van der Waals surface area contributed by atoms with Crippen LogP contribution in [0.15, 0.2) is 0 Å². The predicted octanol–water partition coefficient (Wildman–Crippen LogP) is 0.237. The molecule has 110 valence electrons. The lowest BCUT2D eigenvalue weighted by Gasteiger charge is -2.18. The summed E-state index contributed by atoms with van der Waals surface area (Å²) in [5.74, 6) is 0. The smallest absolute Gasteiger partial charge is 0.302 e. The minimum atomic E-state index is -5.67. The van der Waals surface area contributed by atoms with Crippen molar-refractivity contribution < 1.29 is 60.0 Å². The van der Waals surface area contributed by atoms with E-state index in [1.807, 2.05) is 0 Å². The number of hydrogen-bond acceptors (Lipinski definition) is 8. The fourth-order valence-corrected chi connectivity index (χ4v) is 5.36. The molecule has 18 heteroatoms. The van der Waals surface area contributed by atoms with Gasteiger partial charge >= 0.3 is 31.3 Å². The van der Waals surface area contributed by atoms with Gasteiger partial charge in [-0.3, -0.25) is 4.31 Å². The zero-order valence-corrected chi connectivity index (χ0v) is 12.6. The minimum Gasteiger partial charge on any atom is -0.302 e. The average molecular weight is 370 g/mol. The molecular formula is H7O13P5. The summed E-state index contributed by atoms with van der Waals surface area (Å²) in [5, 5.41) is 0. The Hall–Kier alpha value is 0.990. The van der Waals surface area contributed by atoms with Crippen LogP contribution in [0.3, 0.4) is 0 Å². The first-order valence-corrected chi connectivity index (χ1v) is 9.73. The molecule has 0 amide bonds. The van der Waals surface area contributed by atoms with Gasteiger partial charge in [0.25, 0.3) is 0 Å². The lowest BCUT2D eigenvalue weighted by molar-refractivity contribution is 0.200. The summed E-state index contributed by atoms with van der Waals surface area (Å²) in [6, 6.07) is 0. The van der Waals surface area contributed by atoms with Gasteiger partial charge in [0.1, 0.15) is 0 Å². The van der Waals surface area contributed by atoms with Crippen LogP contribution in [0.1, 0.15) is 0 Å². The van der Waals surface area contributed by atoms with Crippen molar-refractivity contribution >= 4 is 40.8 Å². The molecule has 3 unspecified atom stereocenters. The molecule has 0 radical (unpaired) electrons. The molecule has 3 atom stereocenters. The van der Waals surface area contributed by atoms with Crippen molar-refractivity contribution in [3.63, 3.8) is 0 Å². The second-order valence-electron chi connectivity index (χ2n) is 2.25. The van der Waals surface area contributed by atoms with Gasteiger partial charge in [-0.1, -0.05) is 0 Å². The molecule has 5 N–H and O–H groups in total. The van der Waals surface area contributed by atoms with Crippen LogP contribution in [0.25, 0.3) is 0 Å². The van der Waals surface area contributed by atoms with Gasteiger partial charge in [0, 0.05) is 9.47 Å². The number of hydrogen-bond donors (Lipinski definition) is 5. The van der Waals surface area contributed by atoms with E-state index in [-0.39, 0.29) is 0 Å². The number of rotatable bonds is 7. The van der Waals surface area contributed by atoms with Crippen LogP contribution in [0.2, 0.25) is 0 Å². The maximum Gasteiger partial charge on any atom is 0.495 e. The Kier molecular flexibility index (Phi) is 6.52. The molecule has 0 aromatic rings. The molecule has 18 heavy (non-hydrogen) atoms. The van der Waals surface area contributed by atoms with Crippen LogP contribution in [-0.2, 0) is 35.5 Å². The van der Waals surface area contributed by atoms with Crippen molar-refractivity contribution in [1.82, 2.24) is 0 Å². The summed E-state index contributed by atoms with van der Waals surface area (Å²) in [6.07, 6.45) is 0. The van der Waals surface area contributed by atoms with E-state index in [1.54, 1.807) is 0 Å². The Bertz CT molecular complexity index is 460. The van der Waals surface area contributed by atoms with Gasteiger partial charge in [-0.2, -0.15) is 12.9 Å². The van der Waals surface area contributed by atoms with Crippen LogP contribution < -0.4 is 0 Å². The lowest BCUT2D eigenvalue weighted by Crippen LogP contribution is -1.96. The lowest BCUT2D eigenvalue weighted by atomic mass is 15.7. The minimum absolute atomic E-state index is 1.14. The van der Waals surface area contributed by atoms with Gasteiger partial charge in [-0.25, -0.2) is 18.3 Å². The van der Waals surface area contributed by atoms with Crippen molar-refractivity contribution in [1.29, 1.82) is 0 Å². The molecule has 0 fully saturated rings. The molecule has 0 spiro atoms. The Balaban J connectivity index is 5.04. The first-order valence-electron chi connectivity index (χ1n) is 3.24. The molecular weight excluding hydrogens is 363 g/mol. The zero-order valence-electron chi connectivity index (χ0n) is 7.87. The van der Waals surface area contributed by atoms with Gasteiger partial charge in [0.2, 0.25) is 0 Å². The molecule has 0 rings (SSSR count). The van der Waals surface area contributed by atoms with E-state index < -0.39 is 31.3 Å². The SMILES string of the molecule is O=P(O)(O)OP(=O)(O)OP(=O)(OP)OP(=O)(O)O. The summed E-state index contributed by atoms with van der Waals surface area (Å²) in [4.78, 5) is 41.7. The fourth-order valence-electron chi connectivity index (χ4n) is 0.459. The Morgan fingerprint density at radius 3 is 1.39 bits per heavy atom. The van der Waals surface area contributed by atoms with Crippen molar-refractivity contribution in [2.24, 2.45) is 0 Å². The van der Waals surface area contributed by atoms with Gasteiger partial charge in [-0.05, 0) is 0 Å². The molecule has 0 aliphatic carbocycles. The van der Waals surface area contributed by atoms with Crippen molar-refractivity contribution in [3.8, 4) is 0 Å². The highest BCUT2D eigenvalue weighted by Gasteiger charge is 2.45. The van der Waals surface area contributed by atoms with E-state index in [0.29, 0.717) is 0 Å². The maximum absolute atomic E-state index is 11.3. The molecule has 0 saturated carbocycles. The quantitative estimate of drug-likeness (QED) is 0.381. The maximum atomic E-state index is 11.3. The van der Waals surface area contributed by atoms with Gasteiger partial charge in [0.15, 0.2) is 0 Å². The standard InChI is InChI=1S/H7O13P5/c1-15(2,3)11-17(7,8)13-18(9,10-14)12-16(4,5)6/h14H2,(H,7,8)(H2,1,2,3)(H2,4,5,6). The molecule has 0 aliphatic heterocycles. The Labute approximate surface area is 101 Å². The summed E-state index contributed by atoms with van der Waals surface area (Å²) in [6.45, 7) is 0. The zero-order chi connectivity index (χ0) is 14.8. The first kappa shape index (κ1) is 19.0. The van der Waals surface area contributed by atoms with E-state index in [1.165, 1.54) is 0 Å². The first-order chi connectivity index (χ1) is 7.68. The highest BCUT2D eigenvalue weighted by atomic mass is 31.3. The third kappa shape index (κ3) is 8.98. The molecule has 0 bridgehead atoms. The Morgan fingerprint density at radius 1 is 0.722 bits per heavy atom. The van der Waals surface area contributed by atoms with Gasteiger partial charge < -0.3 is 24.5 Å². The highest BCUT2D eigenvalue weighted by molar-refractivity contribution is 7.71. The van der Waals surface area contributed by atoms with E-state index in [9.17, 15) is 18.3 Å². The topological polar surface area (TPSA) is 206 Å². The monoisotopic (exact) mass is 370 g/mol. The molecule has 0 saturated heterocycles. The average Bonchev–Trinajstić information content (AvgIpc) is 1.93. The van der Waals surface area contributed by atoms with Crippen molar-refractivity contribution in [2.75, 3.05) is 0 Å². The Morgan fingerprint density at radius 2 is 1.11 bits per heavy atom. The van der Waals surface area contributed by atoms with Crippen LogP contribution in [0.4, 0.5) is 0 Å². The third-order valence-electron chi connectivity index (χ3n) is 0.748. The van der Waals surface area contributed by atoms with Gasteiger partial charge in [-0.15, -0.1) is 0 Å². The molecule has 0 aromatic carbocycles. The molecule has 13 nitrogen and oxygen atoms in total. The summed E-state index contributed by atoms with van der Waals surface area (Å²) >= 11 is 0. The van der Waals surface area contributed by atoms with Crippen molar-refractivity contribution in [3.05, 3.63) is 0 Å².